The van der Waals surface area contributed by atoms with Crippen molar-refractivity contribution in [3.05, 3.63) is 136 Å². The van der Waals surface area contributed by atoms with Crippen molar-refractivity contribution in [3.63, 3.8) is 0 Å². The summed E-state index contributed by atoms with van der Waals surface area (Å²) in [6.07, 6.45) is 4.74. The van der Waals surface area contributed by atoms with E-state index in [1.54, 1.807) is 0 Å². The third kappa shape index (κ3) is 6.20. The summed E-state index contributed by atoms with van der Waals surface area (Å²) in [4.78, 5) is 5.39. The molecule has 0 saturated heterocycles. The maximum absolute atomic E-state index is 6.81. The Morgan fingerprint density at radius 1 is 0.508 bits per heavy atom. The van der Waals surface area contributed by atoms with E-state index >= 15 is 0 Å². The monoisotopic (exact) mass is 857 g/mol. The van der Waals surface area contributed by atoms with E-state index in [-0.39, 0.29) is 33.8 Å². The van der Waals surface area contributed by atoms with Crippen molar-refractivity contribution in [1.29, 1.82) is 0 Å². The summed E-state index contributed by atoms with van der Waals surface area (Å²) in [5.74, 6) is 0.384. The van der Waals surface area contributed by atoms with Crippen molar-refractivity contribution in [1.82, 2.24) is 0 Å². The molecule has 7 aromatic rings. The summed E-state index contributed by atoms with van der Waals surface area (Å²) < 4.78 is 6.81. The number of benzene rings is 6. The first-order chi connectivity index (χ1) is 30.5. The molecule has 0 amide bonds. The van der Waals surface area contributed by atoms with Gasteiger partial charge in [-0.15, -0.1) is 0 Å². The fourth-order valence-electron chi connectivity index (χ4n) is 12.4. The first-order valence-corrected chi connectivity index (χ1v) is 24.7. The smallest absolute Gasteiger partial charge is 0.252 e. The minimum Gasteiger partial charge on any atom is -0.456 e. The summed E-state index contributed by atoms with van der Waals surface area (Å²) in [7, 11) is 0. The molecule has 3 heterocycles. The average molecular weight is 857 g/mol. The van der Waals surface area contributed by atoms with Gasteiger partial charge in [0, 0.05) is 44.9 Å². The van der Waals surface area contributed by atoms with Crippen molar-refractivity contribution in [2.75, 3.05) is 9.80 Å². The Balaban J connectivity index is 1.29. The van der Waals surface area contributed by atoms with Crippen LogP contribution in [0, 0.1) is 13.8 Å². The zero-order chi connectivity index (χ0) is 46.1. The maximum Gasteiger partial charge on any atom is 0.252 e. The highest BCUT2D eigenvalue weighted by Gasteiger charge is 2.47. The number of rotatable bonds is 3. The second-order valence-electron chi connectivity index (χ2n) is 24.7. The molecular weight excluding hydrogens is 787 g/mol. The lowest BCUT2D eigenvalue weighted by atomic mass is 9.33. The third-order valence-electron chi connectivity index (χ3n) is 16.9. The fraction of sp³-hybridized carbons (Fsp3) is 0.410. The van der Waals surface area contributed by atoms with Gasteiger partial charge in [-0.05, 0) is 182 Å². The van der Waals surface area contributed by atoms with E-state index in [2.05, 4.69) is 205 Å². The Kier molecular flexibility index (Phi) is 8.93. The molecule has 0 bridgehead atoms. The molecular formula is C61H69BN2O. The van der Waals surface area contributed by atoms with Crippen LogP contribution in [-0.4, -0.2) is 6.71 Å². The van der Waals surface area contributed by atoms with Crippen molar-refractivity contribution in [2.24, 2.45) is 0 Å². The average Bonchev–Trinajstić information content (AvgIpc) is 3.60. The number of hydrogen-bond acceptors (Lipinski definition) is 3. The minimum absolute atomic E-state index is 0.00745. The van der Waals surface area contributed by atoms with E-state index in [1.165, 1.54) is 126 Å². The maximum atomic E-state index is 6.81. The Bertz CT molecular complexity index is 3170. The number of fused-ring (bicyclic) bond motifs is 9. The molecule has 0 fully saturated rings. The van der Waals surface area contributed by atoms with Gasteiger partial charge in [-0.25, -0.2) is 0 Å². The van der Waals surface area contributed by atoms with E-state index in [0.717, 1.165) is 16.6 Å². The number of aryl methyl sites for hydroxylation is 2. The minimum atomic E-state index is -0.114. The molecule has 6 aromatic carbocycles. The first-order valence-electron chi connectivity index (χ1n) is 24.7. The third-order valence-corrected chi connectivity index (χ3v) is 16.9. The summed E-state index contributed by atoms with van der Waals surface area (Å²) >= 11 is 0. The van der Waals surface area contributed by atoms with Crippen LogP contribution in [0.2, 0.25) is 0 Å². The van der Waals surface area contributed by atoms with Gasteiger partial charge in [0.25, 0.3) is 6.71 Å². The van der Waals surface area contributed by atoms with Crippen molar-refractivity contribution in [3.8, 4) is 0 Å². The number of anilines is 6. The molecule has 0 saturated carbocycles. The molecule has 332 valence electrons. The zero-order valence-corrected chi connectivity index (χ0v) is 41.9. The standard InChI is InChI=1S/C61H69BN2O/c1-35(2)38-20-21-46-50(28-38)63(48-32-44-42(26-36(48)3)58(8,9)22-24-60(44,12)13)52-29-39(57(5,6)7)30-53-56(52)62(46)47-34-55-41(40-18-16-17-19-54(40)65-55)31-51(47)64(53)49-33-45-43(27-37(49)4)59(10,11)23-25-61(45,14)15/h16-21,26-35H,22-25H2,1-15H3. The molecule has 0 unspecified atom stereocenters. The van der Waals surface area contributed by atoms with Crippen LogP contribution in [0.1, 0.15) is 166 Å². The van der Waals surface area contributed by atoms with E-state index in [9.17, 15) is 0 Å². The van der Waals surface area contributed by atoms with Gasteiger partial charge in [-0.1, -0.05) is 132 Å². The van der Waals surface area contributed by atoms with Crippen LogP contribution in [-0.2, 0) is 27.1 Å². The molecule has 0 radical (unpaired) electrons. The molecule has 65 heavy (non-hydrogen) atoms. The lowest BCUT2D eigenvalue weighted by molar-refractivity contribution is 0.332. The van der Waals surface area contributed by atoms with Crippen LogP contribution in [0.25, 0.3) is 21.9 Å². The van der Waals surface area contributed by atoms with Gasteiger partial charge in [-0.3, -0.25) is 0 Å². The molecule has 3 nitrogen and oxygen atoms in total. The molecule has 0 atom stereocenters. The largest absolute Gasteiger partial charge is 0.456 e. The lowest BCUT2D eigenvalue weighted by Crippen LogP contribution is -2.61. The lowest BCUT2D eigenvalue weighted by Gasteiger charge is -2.47. The second kappa shape index (κ2) is 13.7. The molecule has 0 spiro atoms. The molecule has 4 aliphatic rings. The van der Waals surface area contributed by atoms with Gasteiger partial charge in [0.2, 0.25) is 0 Å². The normalized spacial score (nSPS) is 18.7. The molecule has 4 heteroatoms. The van der Waals surface area contributed by atoms with Gasteiger partial charge in [0.1, 0.15) is 11.2 Å². The van der Waals surface area contributed by atoms with Crippen LogP contribution in [0.3, 0.4) is 0 Å². The van der Waals surface area contributed by atoms with Crippen molar-refractivity contribution in [2.45, 2.75) is 163 Å². The number of nitrogens with zero attached hydrogens (tertiary/aromatic N) is 2. The van der Waals surface area contributed by atoms with E-state index in [1.807, 2.05) is 0 Å². The Morgan fingerprint density at radius 2 is 1.00 bits per heavy atom. The first kappa shape index (κ1) is 42.4. The number of furan rings is 1. The predicted molar refractivity (Wildman–Crippen MR) is 281 cm³/mol. The van der Waals surface area contributed by atoms with Crippen LogP contribution >= 0.6 is 0 Å². The number of hydrogen-bond donors (Lipinski definition) is 0. The summed E-state index contributed by atoms with van der Waals surface area (Å²) in [5, 5.41) is 2.33. The van der Waals surface area contributed by atoms with Crippen molar-refractivity contribution >= 4 is 79.2 Å². The highest BCUT2D eigenvalue weighted by atomic mass is 16.3. The SMILES string of the molecule is Cc1cc2c(cc1N1c3cc(C(C)C)ccc3B3c4cc5oc6ccccc6c5cc4N(c4cc5c(cc4C)C(C)(C)CCC5(C)C)c4cc(C(C)(C)C)cc1c43)C(C)(C)CCC2(C)C. The topological polar surface area (TPSA) is 19.6 Å². The fourth-order valence-corrected chi connectivity index (χ4v) is 12.4. The quantitative estimate of drug-likeness (QED) is 0.165. The zero-order valence-electron chi connectivity index (χ0n) is 41.9. The highest BCUT2D eigenvalue weighted by Crippen LogP contribution is 2.54. The summed E-state index contributed by atoms with van der Waals surface area (Å²) in [6, 6.07) is 36.3. The number of para-hydroxylation sites is 1. The Morgan fingerprint density at radius 3 is 1.51 bits per heavy atom. The molecule has 11 rings (SSSR count). The van der Waals surface area contributed by atoms with Crippen LogP contribution in [0.15, 0.2) is 95.4 Å². The van der Waals surface area contributed by atoms with Crippen LogP contribution in [0.4, 0.5) is 34.1 Å². The van der Waals surface area contributed by atoms with Crippen molar-refractivity contribution < 1.29 is 4.42 Å². The van der Waals surface area contributed by atoms with Crippen LogP contribution in [0.5, 0.6) is 0 Å². The van der Waals surface area contributed by atoms with E-state index in [0.29, 0.717) is 5.92 Å². The second-order valence-corrected chi connectivity index (χ2v) is 24.7. The van der Waals surface area contributed by atoms with Gasteiger partial charge in [-0.2, -0.15) is 0 Å². The molecule has 2 aliphatic heterocycles. The van der Waals surface area contributed by atoms with Gasteiger partial charge in [0.05, 0.1) is 0 Å². The summed E-state index contributed by atoms with van der Waals surface area (Å²) in [6.45, 7) is 36.2. The highest BCUT2D eigenvalue weighted by molar-refractivity contribution is 7.00. The Labute approximate surface area is 389 Å². The Hall–Kier alpha value is -5.22. The van der Waals surface area contributed by atoms with E-state index < -0.39 is 0 Å². The molecule has 1 aromatic heterocycles. The van der Waals surface area contributed by atoms with Crippen LogP contribution < -0.4 is 26.2 Å². The molecule has 2 aliphatic carbocycles. The van der Waals surface area contributed by atoms with E-state index in [4.69, 9.17) is 4.42 Å². The molecule has 0 N–H and O–H groups in total. The van der Waals surface area contributed by atoms with Gasteiger partial charge < -0.3 is 14.2 Å². The van der Waals surface area contributed by atoms with Gasteiger partial charge in [0.15, 0.2) is 0 Å². The van der Waals surface area contributed by atoms with Gasteiger partial charge >= 0.3 is 0 Å². The predicted octanol–water partition coefficient (Wildman–Crippen LogP) is 15.4. The summed E-state index contributed by atoms with van der Waals surface area (Å²) in [5.41, 5.74) is 25.2.